The minimum Gasteiger partial charge on any atom is -0.395 e. The molecule has 0 fully saturated rings. The zero-order chi connectivity index (χ0) is 15.8. The Balaban J connectivity index is 3.21. The summed E-state index contributed by atoms with van der Waals surface area (Å²) in [6, 6.07) is -0.258. The number of amides is 3. The van der Waals surface area contributed by atoms with Crippen molar-refractivity contribution in [3.05, 3.63) is 0 Å². The van der Waals surface area contributed by atoms with Gasteiger partial charge in [-0.1, -0.05) is 12.8 Å². The molecule has 0 bridgehead atoms. The van der Waals surface area contributed by atoms with Crippen molar-refractivity contribution in [2.24, 2.45) is 0 Å². The van der Waals surface area contributed by atoms with Crippen molar-refractivity contribution in [3.8, 4) is 0 Å². The van der Waals surface area contributed by atoms with Gasteiger partial charge in [-0.3, -0.25) is 4.79 Å². The van der Waals surface area contributed by atoms with Gasteiger partial charge in [0.05, 0.1) is 19.8 Å². The smallest absolute Gasteiger partial charge is 0.314 e. The molecule has 8 heteroatoms. The van der Waals surface area contributed by atoms with Crippen LogP contribution in [0.1, 0.15) is 25.7 Å². The van der Waals surface area contributed by atoms with Gasteiger partial charge in [-0.05, 0) is 12.8 Å². The summed E-state index contributed by atoms with van der Waals surface area (Å²) >= 11 is 0. The van der Waals surface area contributed by atoms with Crippen LogP contribution in [0.2, 0.25) is 0 Å². The average molecular weight is 304 g/mol. The summed E-state index contributed by atoms with van der Waals surface area (Å²) in [5, 5.41) is 27.9. The number of carbonyl (C=O) groups excluding carboxylic acids is 2. The topological polar surface area (TPSA) is 123 Å². The molecule has 124 valence electrons. The van der Waals surface area contributed by atoms with Crippen molar-refractivity contribution >= 4 is 11.9 Å². The van der Waals surface area contributed by atoms with Crippen molar-refractivity contribution in [2.45, 2.75) is 25.7 Å². The molecule has 0 aromatic carbocycles. The number of hydrogen-bond donors (Lipinski definition) is 6. The molecular weight excluding hydrogens is 276 g/mol. The van der Waals surface area contributed by atoms with E-state index in [9.17, 15) is 9.59 Å². The van der Waals surface area contributed by atoms with E-state index >= 15 is 0 Å². The Kier molecular flexibility index (Phi) is 14.0. The highest BCUT2D eigenvalue weighted by Gasteiger charge is 2.00. The summed E-state index contributed by atoms with van der Waals surface area (Å²) in [6.07, 6.45) is 3.77. The normalized spacial score (nSPS) is 10.2. The van der Waals surface area contributed by atoms with Crippen LogP contribution in [0.3, 0.4) is 0 Å². The van der Waals surface area contributed by atoms with E-state index in [1.807, 2.05) is 0 Å². The van der Waals surface area contributed by atoms with E-state index in [0.717, 1.165) is 25.7 Å². The molecule has 0 unspecified atom stereocenters. The van der Waals surface area contributed by atoms with Crippen molar-refractivity contribution in [2.75, 3.05) is 45.9 Å². The number of hydrogen-bond acceptors (Lipinski definition) is 5. The predicted molar refractivity (Wildman–Crippen MR) is 79.9 cm³/mol. The lowest BCUT2D eigenvalue weighted by Crippen LogP contribution is -2.37. The van der Waals surface area contributed by atoms with Crippen LogP contribution in [0.4, 0.5) is 4.79 Å². The lowest BCUT2D eigenvalue weighted by Gasteiger charge is -2.07. The van der Waals surface area contributed by atoms with Crippen LogP contribution in [0.25, 0.3) is 0 Å². The minimum atomic E-state index is -0.258. The predicted octanol–water partition coefficient (Wildman–Crippen LogP) is -1.46. The summed E-state index contributed by atoms with van der Waals surface area (Å²) in [4.78, 5) is 22.4. The highest BCUT2D eigenvalue weighted by Crippen LogP contribution is 1.97. The first kappa shape index (κ1) is 19.6. The molecule has 0 aliphatic rings. The fourth-order valence-electron chi connectivity index (χ4n) is 1.61. The third kappa shape index (κ3) is 14.8. The molecule has 0 saturated carbocycles. The summed E-state index contributed by atoms with van der Waals surface area (Å²) in [5.41, 5.74) is 0. The number of carbonyl (C=O) groups is 2. The Hall–Kier alpha value is -1.38. The number of rotatable bonds is 13. The molecule has 6 N–H and O–H groups in total. The van der Waals surface area contributed by atoms with Gasteiger partial charge in [0.2, 0.25) is 5.91 Å². The Labute approximate surface area is 125 Å². The molecule has 0 atom stereocenters. The van der Waals surface area contributed by atoms with Crippen LogP contribution in [0.5, 0.6) is 0 Å². The maximum Gasteiger partial charge on any atom is 0.314 e. The molecule has 0 saturated heterocycles. The molecular formula is C13H28N4O4. The van der Waals surface area contributed by atoms with E-state index in [4.69, 9.17) is 10.2 Å². The lowest BCUT2D eigenvalue weighted by atomic mass is 10.2. The second-order valence-corrected chi connectivity index (χ2v) is 4.57. The van der Waals surface area contributed by atoms with Gasteiger partial charge in [-0.25, -0.2) is 4.79 Å². The summed E-state index contributed by atoms with van der Waals surface area (Å²) in [7, 11) is 0. The molecule has 0 aliphatic heterocycles. The number of urea groups is 1. The molecule has 8 nitrogen and oxygen atoms in total. The Morgan fingerprint density at radius 3 is 1.90 bits per heavy atom. The van der Waals surface area contributed by atoms with E-state index in [-0.39, 0.29) is 38.2 Å². The zero-order valence-corrected chi connectivity index (χ0v) is 12.5. The van der Waals surface area contributed by atoms with Crippen molar-refractivity contribution in [1.82, 2.24) is 21.3 Å². The average Bonchev–Trinajstić information content (AvgIpc) is 2.48. The lowest BCUT2D eigenvalue weighted by molar-refractivity contribution is -0.120. The van der Waals surface area contributed by atoms with E-state index < -0.39 is 0 Å². The third-order valence-electron chi connectivity index (χ3n) is 2.68. The van der Waals surface area contributed by atoms with Crippen LogP contribution in [0.15, 0.2) is 0 Å². The maximum absolute atomic E-state index is 11.3. The molecule has 3 amide bonds. The first-order valence-electron chi connectivity index (χ1n) is 7.41. The Bertz CT molecular complexity index is 277. The number of aliphatic hydroxyl groups excluding tert-OH is 2. The second kappa shape index (κ2) is 15.0. The highest BCUT2D eigenvalue weighted by atomic mass is 16.3. The third-order valence-corrected chi connectivity index (χ3v) is 2.68. The first-order valence-corrected chi connectivity index (χ1v) is 7.41. The van der Waals surface area contributed by atoms with Gasteiger partial charge in [0, 0.05) is 26.2 Å². The molecule has 0 aliphatic carbocycles. The van der Waals surface area contributed by atoms with E-state index in [2.05, 4.69) is 21.3 Å². The van der Waals surface area contributed by atoms with Gasteiger partial charge in [-0.15, -0.1) is 0 Å². The SMILES string of the molecule is O=C(CNCCO)NCCCCCCNC(=O)NCCO. The molecule has 0 radical (unpaired) electrons. The van der Waals surface area contributed by atoms with Crippen LogP contribution in [-0.2, 0) is 4.79 Å². The zero-order valence-electron chi connectivity index (χ0n) is 12.5. The van der Waals surface area contributed by atoms with E-state index in [1.54, 1.807) is 0 Å². The van der Waals surface area contributed by atoms with Gasteiger partial charge in [0.15, 0.2) is 0 Å². The Morgan fingerprint density at radius 2 is 1.29 bits per heavy atom. The van der Waals surface area contributed by atoms with Crippen molar-refractivity contribution in [1.29, 1.82) is 0 Å². The van der Waals surface area contributed by atoms with Gasteiger partial charge in [0.25, 0.3) is 0 Å². The van der Waals surface area contributed by atoms with Crippen LogP contribution < -0.4 is 21.3 Å². The van der Waals surface area contributed by atoms with E-state index in [1.165, 1.54) is 0 Å². The number of aliphatic hydroxyl groups is 2. The standard InChI is InChI=1S/C13H28N4O4/c18-9-7-14-11-12(20)15-5-3-1-2-4-6-16-13(21)17-8-10-19/h14,18-19H,1-11H2,(H,15,20)(H2,16,17,21). The van der Waals surface area contributed by atoms with Crippen LogP contribution >= 0.6 is 0 Å². The molecule has 0 rings (SSSR count). The van der Waals surface area contributed by atoms with Gasteiger partial charge in [0.1, 0.15) is 0 Å². The number of unbranched alkanes of at least 4 members (excludes halogenated alkanes) is 3. The maximum atomic E-state index is 11.3. The summed E-state index contributed by atoms with van der Waals surface area (Å²) in [6.45, 7) is 2.13. The minimum absolute atomic E-state index is 0.0271. The molecule has 0 spiro atoms. The molecule has 0 heterocycles. The monoisotopic (exact) mass is 304 g/mol. The quantitative estimate of drug-likeness (QED) is 0.232. The van der Waals surface area contributed by atoms with Crippen LogP contribution in [-0.4, -0.2) is 68.1 Å². The second-order valence-electron chi connectivity index (χ2n) is 4.57. The van der Waals surface area contributed by atoms with Crippen molar-refractivity contribution in [3.63, 3.8) is 0 Å². The fourth-order valence-corrected chi connectivity index (χ4v) is 1.61. The van der Waals surface area contributed by atoms with Gasteiger partial charge >= 0.3 is 6.03 Å². The fraction of sp³-hybridized carbons (Fsp3) is 0.846. The summed E-state index contributed by atoms with van der Waals surface area (Å²) in [5.74, 6) is -0.0642. The Morgan fingerprint density at radius 1 is 0.714 bits per heavy atom. The molecule has 0 aromatic rings. The van der Waals surface area contributed by atoms with Gasteiger partial charge < -0.3 is 31.5 Å². The molecule has 21 heavy (non-hydrogen) atoms. The van der Waals surface area contributed by atoms with E-state index in [0.29, 0.717) is 19.6 Å². The van der Waals surface area contributed by atoms with Crippen LogP contribution in [0, 0.1) is 0 Å². The molecule has 0 aromatic heterocycles. The van der Waals surface area contributed by atoms with Crippen molar-refractivity contribution < 1.29 is 19.8 Å². The summed E-state index contributed by atoms with van der Waals surface area (Å²) < 4.78 is 0. The highest BCUT2D eigenvalue weighted by molar-refractivity contribution is 5.77. The van der Waals surface area contributed by atoms with Gasteiger partial charge in [-0.2, -0.15) is 0 Å². The number of nitrogens with one attached hydrogen (secondary N) is 4. The largest absolute Gasteiger partial charge is 0.395 e. The first-order chi connectivity index (χ1) is 10.2.